The molecule has 184 valence electrons. The molecule has 6 nitrogen and oxygen atoms in total. The number of benzene rings is 3. The third kappa shape index (κ3) is 5.27. The Morgan fingerprint density at radius 2 is 1.53 bits per heavy atom. The third-order valence-electron chi connectivity index (χ3n) is 5.31. The van der Waals surface area contributed by atoms with E-state index in [1.807, 2.05) is 0 Å². The first-order valence-corrected chi connectivity index (χ1v) is 10.5. The number of rotatable bonds is 4. The number of alkyl halides is 3. The van der Waals surface area contributed by atoms with Crippen LogP contribution in [0.5, 0.6) is 5.75 Å². The van der Waals surface area contributed by atoms with Gasteiger partial charge in [0.2, 0.25) is 0 Å². The zero-order valence-electron chi connectivity index (χ0n) is 18.3. The number of hydrogen-bond acceptors (Lipinski definition) is 5. The topological polar surface area (TPSA) is 72.9 Å². The minimum atomic E-state index is -5.06. The van der Waals surface area contributed by atoms with Gasteiger partial charge in [-0.3, -0.25) is 9.69 Å². The van der Waals surface area contributed by atoms with Gasteiger partial charge in [0.15, 0.2) is 11.9 Å². The minimum absolute atomic E-state index is 0.164. The summed E-state index contributed by atoms with van der Waals surface area (Å²) in [7, 11) is 0. The van der Waals surface area contributed by atoms with Crippen LogP contribution in [0.4, 0.5) is 22.4 Å². The minimum Gasteiger partial charge on any atom is -0.448 e. The summed E-state index contributed by atoms with van der Waals surface area (Å²) in [4.78, 5) is 39.6. The van der Waals surface area contributed by atoms with Crippen LogP contribution in [0, 0.1) is 5.82 Å². The number of carbonyl (C=O) groups excluding carboxylic acids is 3. The first-order valence-electron chi connectivity index (χ1n) is 10.5. The van der Waals surface area contributed by atoms with Crippen LogP contribution in [0.15, 0.2) is 91.1 Å². The van der Waals surface area contributed by atoms with Gasteiger partial charge in [0.25, 0.3) is 0 Å². The lowest BCUT2D eigenvalue weighted by Crippen LogP contribution is -2.46. The molecule has 0 bridgehead atoms. The number of ether oxygens (including phenoxy) is 2. The summed E-state index contributed by atoms with van der Waals surface area (Å²) < 4.78 is 64.4. The number of esters is 1. The van der Waals surface area contributed by atoms with Gasteiger partial charge in [0.05, 0.1) is 11.1 Å². The highest BCUT2D eigenvalue weighted by Gasteiger charge is 2.43. The molecule has 0 saturated heterocycles. The second-order valence-electron chi connectivity index (χ2n) is 7.68. The van der Waals surface area contributed by atoms with E-state index in [0.29, 0.717) is 17.7 Å². The number of ketones is 1. The van der Waals surface area contributed by atoms with Crippen molar-refractivity contribution in [1.29, 1.82) is 0 Å². The quantitative estimate of drug-likeness (QED) is 0.340. The van der Waals surface area contributed by atoms with Crippen LogP contribution in [0.25, 0.3) is 0 Å². The summed E-state index contributed by atoms with van der Waals surface area (Å²) in [5.41, 5.74) is -2.17. The molecule has 10 heteroatoms. The Morgan fingerprint density at radius 1 is 0.889 bits per heavy atom. The second-order valence-corrected chi connectivity index (χ2v) is 7.68. The van der Waals surface area contributed by atoms with E-state index in [1.165, 1.54) is 12.1 Å². The Balaban J connectivity index is 1.70. The number of hydrogen-bond donors (Lipinski definition) is 0. The van der Waals surface area contributed by atoms with Crippen LogP contribution >= 0.6 is 0 Å². The molecular formula is C26H17F4NO5. The maximum Gasteiger partial charge on any atom is 0.420 e. The molecule has 0 fully saturated rings. The molecule has 0 aliphatic carbocycles. The highest BCUT2D eigenvalue weighted by atomic mass is 19.4. The molecule has 3 aromatic carbocycles. The summed E-state index contributed by atoms with van der Waals surface area (Å²) in [6, 6.07) is 16.3. The van der Waals surface area contributed by atoms with Gasteiger partial charge in [-0.25, -0.2) is 14.0 Å². The smallest absolute Gasteiger partial charge is 0.420 e. The molecule has 1 amide bonds. The Labute approximate surface area is 202 Å². The van der Waals surface area contributed by atoms with Gasteiger partial charge in [-0.15, -0.1) is 0 Å². The van der Waals surface area contributed by atoms with E-state index in [-0.39, 0.29) is 11.8 Å². The monoisotopic (exact) mass is 499 g/mol. The fourth-order valence-corrected chi connectivity index (χ4v) is 3.68. The molecule has 2 atom stereocenters. The molecule has 0 unspecified atom stereocenters. The first kappa shape index (κ1) is 24.6. The second kappa shape index (κ2) is 10.0. The normalized spacial score (nSPS) is 17.6. The predicted molar refractivity (Wildman–Crippen MR) is 118 cm³/mol. The standard InChI is InChI=1S/C26H17F4NO5/c27-17-11-12-19(20(15-17)26(28,29)30)24(33)36-23-21(32)13-14-31(22(23)16-7-3-1-4-8-16)25(34)35-18-9-5-2-6-10-18/h1-15,22-23H/t22-,23+/m1/s1. The van der Waals surface area contributed by atoms with Crippen molar-refractivity contribution >= 4 is 17.8 Å². The lowest BCUT2D eigenvalue weighted by molar-refractivity contribution is -0.138. The van der Waals surface area contributed by atoms with Gasteiger partial charge in [-0.05, 0) is 35.9 Å². The SMILES string of the molecule is O=C(O[C@H]1C(=O)C=CN(C(=O)Oc2ccccc2)[C@@H]1c1ccccc1)c1ccc(F)cc1C(F)(F)F. The largest absolute Gasteiger partial charge is 0.448 e. The molecule has 1 heterocycles. The summed E-state index contributed by atoms with van der Waals surface area (Å²) in [5.74, 6) is -3.27. The highest BCUT2D eigenvalue weighted by molar-refractivity contribution is 6.00. The number of nitrogens with zero attached hydrogens (tertiary/aromatic N) is 1. The highest BCUT2D eigenvalue weighted by Crippen LogP contribution is 2.35. The van der Waals surface area contributed by atoms with E-state index in [9.17, 15) is 31.9 Å². The maximum atomic E-state index is 13.5. The van der Waals surface area contributed by atoms with E-state index in [0.717, 1.165) is 17.2 Å². The van der Waals surface area contributed by atoms with Crippen LogP contribution in [-0.4, -0.2) is 28.8 Å². The summed E-state index contributed by atoms with van der Waals surface area (Å²) >= 11 is 0. The molecule has 0 aromatic heterocycles. The average molecular weight is 499 g/mol. The summed E-state index contributed by atoms with van der Waals surface area (Å²) in [6.45, 7) is 0. The molecular weight excluding hydrogens is 482 g/mol. The van der Waals surface area contributed by atoms with Crippen molar-refractivity contribution in [3.8, 4) is 5.75 Å². The number of amides is 1. The Morgan fingerprint density at radius 3 is 2.17 bits per heavy atom. The van der Waals surface area contributed by atoms with Crippen molar-refractivity contribution in [3.05, 3.63) is 114 Å². The molecule has 1 aliphatic rings. The number of halogens is 4. The van der Waals surface area contributed by atoms with Gasteiger partial charge in [-0.1, -0.05) is 48.5 Å². The third-order valence-corrected chi connectivity index (χ3v) is 5.31. The number of para-hydroxylation sites is 1. The Hall–Kier alpha value is -4.47. The van der Waals surface area contributed by atoms with Crippen LogP contribution in [0.2, 0.25) is 0 Å². The zero-order chi connectivity index (χ0) is 25.9. The molecule has 0 spiro atoms. The van der Waals surface area contributed by atoms with Crippen LogP contribution in [-0.2, 0) is 15.7 Å². The fraction of sp³-hybridized carbons (Fsp3) is 0.115. The van der Waals surface area contributed by atoms with E-state index in [2.05, 4.69) is 0 Å². The molecule has 0 radical (unpaired) electrons. The van der Waals surface area contributed by atoms with Gasteiger partial charge < -0.3 is 9.47 Å². The predicted octanol–water partition coefficient (Wildman–Crippen LogP) is 5.71. The van der Waals surface area contributed by atoms with Gasteiger partial charge >= 0.3 is 18.2 Å². The van der Waals surface area contributed by atoms with Gasteiger partial charge in [0, 0.05) is 12.3 Å². The molecule has 36 heavy (non-hydrogen) atoms. The van der Waals surface area contributed by atoms with E-state index >= 15 is 0 Å². The lowest BCUT2D eigenvalue weighted by atomic mass is 9.94. The Kier molecular flexibility index (Phi) is 6.86. The fourth-order valence-electron chi connectivity index (χ4n) is 3.68. The molecule has 3 aromatic rings. The van der Waals surface area contributed by atoms with Crippen molar-refractivity contribution < 1.29 is 41.4 Å². The summed E-state index contributed by atoms with van der Waals surface area (Å²) in [5, 5.41) is 0. The summed E-state index contributed by atoms with van der Waals surface area (Å²) in [6.07, 6.45) is -5.58. The van der Waals surface area contributed by atoms with Crippen molar-refractivity contribution in [2.24, 2.45) is 0 Å². The van der Waals surface area contributed by atoms with Gasteiger partial charge in [-0.2, -0.15) is 13.2 Å². The zero-order valence-corrected chi connectivity index (χ0v) is 18.3. The van der Waals surface area contributed by atoms with Crippen molar-refractivity contribution in [3.63, 3.8) is 0 Å². The van der Waals surface area contributed by atoms with E-state index < -0.39 is 53.1 Å². The van der Waals surface area contributed by atoms with E-state index in [1.54, 1.807) is 48.5 Å². The van der Waals surface area contributed by atoms with E-state index in [4.69, 9.17) is 9.47 Å². The van der Waals surface area contributed by atoms with Crippen molar-refractivity contribution in [2.45, 2.75) is 18.3 Å². The number of carbonyl (C=O) groups is 3. The van der Waals surface area contributed by atoms with Crippen LogP contribution in [0.1, 0.15) is 27.5 Å². The lowest BCUT2D eigenvalue weighted by Gasteiger charge is -2.35. The van der Waals surface area contributed by atoms with Crippen LogP contribution < -0.4 is 4.74 Å². The van der Waals surface area contributed by atoms with Crippen molar-refractivity contribution in [2.75, 3.05) is 0 Å². The molecule has 1 aliphatic heterocycles. The Bertz CT molecular complexity index is 1310. The molecule has 0 saturated carbocycles. The first-order chi connectivity index (χ1) is 17.1. The molecule has 0 N–H and O–H groups in total. The van der Waals surface area contributed by atoms with Crippen molar-refractivity contribution in [1.82, 2.24) is 4.90 Å². The molecule has 4 rings (SSSR count). The average Bonchev–Trinajstić information content (AvgIpc) is 2.85. The maximum absolute atomic E-state index is 13.5. The van der Waals surface area contributed by atoms with Crippen LogP contribution in [0.3, 0.4) is 0 Å². The van der Waals surface area contributed by atoms with Gasteiger partial charge in [0.1, 0.15) is 17.6 Å².